The summed E-state index contributed by atoms with van der Waals surface area (Å²) in [6.07, 6.45) is 5.67. The highest BCUT2D eigenvalue weighted by atomic mass is 35.5. The smallest absolute Gasteiger partial charge is 0.223 e. The average Bonchev–Trinajstić information content (AvgIpc) is 2.94. The zero-order valence-electron chi connectivity index (χ0n) is 13.3. The van der Waals surface area contributed by atoms with Gasteiger partial charge in [-0.1, -0.05) is 49.1 Å². The monoisotopic (exact) mass is 348 g/mol. The fraction of sp³-hybridized carbons (Fsp3) is 0.444. The van der Waals surface area contributed by atoms with E-state index < -0.39 is 0 Å². The second-order valence-corrected chi connectivity index (χ2v) is 7.55. The molecule has 0 saturated heterocycles. The Labute approximate surface area is 146 Å². The lowest BCUT2D eigenvalue weighted by atomic mass is 9.89. The number of carbonyl (C=O) groups is 1. The van der Waals surface area contributed by atoms with Gasteiger partial charge in [0.15, 0.2) is 0 Å². The summed E-state index contributed by atoms with van der Waals surface area (Å²) in [6.45, 7) is 2.54. The lowest BCUT2D eigenvalue weighted by Gasteiger charge is -2.20. The van der Waals surface area contributed by atoms with Crippen LogP contribution in [0.15, 0.2) is 24.3 Å². The van der Waals surface area contributed by atoms with E-state index in [1.54, 1.807) is 11.3 Å². The highest BCUT2D eigenvalue weighted by Crippen LogP contribution is 2.32. The van der Waals surface area contributed by atoms with Crippen LogP contribution in [0.1, 0.15) is 42.7 Å². The Balaban J connectivity index is 1.67. The van der Waals surface area contributed by atoms with Crippen molar-refractivity contribution >= 4 is 28.8 Å². The molecular weight excluding hydrogens is 328 g/mol. The third-order valence-electron chi connectivity index (χ3n) is 4.40. The number of rotatable bonds is 4. The lowest BCUT2D eigenvalue weighted by molar-refractivity contribution is -0.126. The SMILES string of the molecule is Cc1nc(-c2ccccc2Cl)sc1CNC(=O)C1CCCCC1. The Morgan fingerprint density at radius 1 is 1.30 bits per heavy atom. The minimum absolute atomic E-state index is 0.191. The molecular formula is C18H21ClN2OS. The van der Waals surface area contributed by atoms with Crippen molar-refractivity contribution in [2.24, 2.45) is 5.92 Å². The first-order valence-corrected chi connectivity index (χ1v) is 9.33. The molecule has 1 N–H and O–H groups in total. The van der Waals surface area contributed by atoms with Gasteiger partial charge < -0.3 is 5.32 Å². The van der Waals surface area contributed by atoms with Crippen LogP contribution in [0.25, 0.3) is 10.6 Å². The molecule has 1 aliphatic carbocycles. The van der Waals surface area contributed by atoms with Gasteiger partial charge in [0.1, 0.15) is 5.01 Å². The molecule has 1 aromatic carbocycles. The van der Waals surface area contributed by atoms with E-state index in [4.69, 9.17) is 11.6 Å². The Hall–Kier alpha value is -1.39. The van der Waals surface area contributed by atoms with Crippen LogP contribution in [0.2, 0.25) is 5.02 Å². The second-order valence-electron chi connectivity index (χ2n) is 6.06. The molecule has 1 aromatic heterocycles. The molecule has 0 spiro atoms. The molecule has 1 heterocycles. The van der Waals surface area contributed by atoms with Gasteiger partial charge in [0.05, 0.1) is 17.3 Å². The van der Waals surface area contributed by atoms with Crippen molar-refractivity contribution in [3.05, 3.63) is 39.9 Å². The number of hydrogen-bond donors (Lipinski definition) is 1. The van der Waals surface area contributed by atoms with Gasteiger partial charge in [-0.25, -0.2) is 4.98 Å². The maximum absolute atomic E-state index is 12.3. The Morgan fingerprint density at radius 2 is 2.04 bits per heavy atom. The molecule has 0 unspecified atom stereocenters. The highest BCUT2D eigenvalue weighted by Gasteiger charge is 2.21. The fourth-order valence-corrected chi connectivity index (χ4v) is 4.34. The van der Waals surface area contributed by atoms with E-state index in [0.717, 1.165) is 34.0 Å². The van der Waals surface area contributed by atoms with Gasteiger partial charge in [-0.05, 0) is 25.8 Å². The molecule has 5 heteroatoms. The summed E-state index contributed by atoms with van der Waals surface area (Å²) in [7, 11) is 0. The largest absolute Gasteiger partial charge is 0.351 e. The summed E-state index contributed by atoms with van der Waals surface area (Å²) in [5, 5.41) is 4.71. The Morgan fingerprint density at radius 3 is 2.78 bits per heavy atom. The molecule has 3 nitrogen and oxygen atoms in total. The summed E-state index contributed by atoms with van der Waals surface area (Å²) in [6, 6.07) is 7.73. The highest BCUT2D eigenvalue weighted by molar-refractivity contribution is 7.15. The van der Waals surface area contributed by atoms with Crippen molar-refractivity contribution < 1.29 is 4.79 Å². The van der Waals surface area contributed by atoms with Crippen molar-refractivity contribution in [1.82, 2.24) is 10.3 Å². The number of amides is 1. The number of aromatic nitrogens is 1. The third kappa shape index (κ3) is 3.93. The molecule has 0 aliphatic heterocycles. The summed E-state index contributed by atoms with van der Waals surface area (Å²) < 4.78 is 0. The average molecular weight is 349 g/mol. The normalized spacial score (nSPS) is 15.6. The Kier molecular flexibility index (Phi) is 5.34. The maximum atomic E-state index is 12.3. The van der Waals surface area contributed by atoms with Crippen molar-refractivity contribution in [2.45, 2.75) is 45.6 Å². The molecule has 1 aliphatic rings. The minimum Gasteiger partial charge on any atom is -0.351 e. The summed E-state index contributed by atoms with van der Waals surface area (Å²) >= 11 is 7.85. The number of hydrogen-bond acceptors (Lipinski definition) is 3. The van der Waals surface area contributed by atoms with Crippen molar-refractivity contribution in [3.63, 3.8) is 0 Å². The molecule has 0 radical (unpaired) electrons. The number of halogens is 1. The van der Waals surface area contributed by atoms with Gasteiger partial charge >= 0.3 is 0 Å². The van der Waals surface area contributed by atoms with E-state index in [2.05, 4.69) is 10.3 Å². The van der Waals surface area contributed by atoms with E-state index in [1.807, 2.05) is 31.2 Å². The van der Waals surface area contributed by atoms with Gasteiger partial charge in [-0.2, -0.15) is 0 Å². The van der Waals surface area contributed by atoms with Crippen LogP contribution in [0, 0.1) is 12.8 Å². The predicted octanol–water partition coefficient (Wildman–Crippen LogP) is 4.97. The van der Waals surface area contributed by atoms with Gasteiger partial charge in [0.25, 0.3) is 0 Å². The molecule has 0 bridgehead atoms. The first-order valence-electron chi connectivity index (χ1n) is 8.14. The number of nitrogens with one attached hydrogen (secondary N) is 1. The van der Waals surface area contributed by atoms with E-state index >= 15 is 0 Å². The van der Waals surface area contributed by atoms with Crippen LogP contribution in [0.5, 0.6) is 0 Å². The minimum atomic E-state index is 0.191. The van der Waals surface area contributed by atoms with Crippen molar-refractivity contribution in [1.29, 1.82) is 0 Å². The molecule has 23 heavy (non-hydrogen) atoms. The van der Waals surface area contributed by atoms with Gasteiger partial charge in [0.2, 0.25) is 5.91 Å². The van der Waals surface area contributed by atoms with E-state index in [0.29, 0.717) is 11.6 Å². The van der Waals surface area contributed by atoms with Crippen LogP contribution >= 0.6 is 22.9 Å². The standard InChI is InChI=1S/C18H21ClN2OS/c1-12-16(11-20-17(22)13-7-3-2-4-8-13)23-18(21-12)14-9-5-6-10-15(14)19/h5-6,9-10,13H,2-4,7-8,11H2,1H3,(H,20,22). The van der Waals surface area contributed by atoms with E-state index in [-0.39, 0.29) is 11.8 Å². The van der Waals surface area contributed by atoms with Crippen molar-refractivity contribution in [2.75, 3.05) is 0 Å². The Bertz CT molecular complexity index is 692. The molecule has 1 saturated carbocycles. The summed E-state index contributed by atoms with van der Waals surface area (Å²) in [4.78, 5) is 18.0. The number of benzene rings is 1. The molecule has 3 rings (SSSR count). The van der Waals surface area contributed by atoms with Gasteiger partial charge in [0, 0.05) is 16.4 Å². The molecule has 1 fully saturated rings. The van der Waals surface area contributed by atoms with Gasteiger partial charge in [-0.15, -0.1) is 11.3 Å². The van der Waals surface area contributed by atoms with Crippen LogP contribution < -0.4 is 5.32 Å². The maximum Gasteiger partial charge on any atom is 0.223 e. The lowest BCUT2D eigenvalue weighted by Crippen LogP contribution is -2.31. The number of aryl methyl sites for hydroxylation is 1. The molecule has 2 aromatic rings. The predicted molar refractivity (Wildman–Crippen MR) is 95.7 cm³/mol. The molecule has 1 amide bonds. The molecule has 0 atom stereocenters. The topological polar surface area (TPSA) is 42.0 Å². The first kappa shape index (κ1) is 16.5. The van der Waals surface area contributed by atoms with Crippen LogP contribution in [0.3, 0.4) is 0 Å². The van der Waals surface area contributed by atoms with Crippen LogP contribution in [0.4, 0.5) is 0 Å². The summed E-state index contributed by atoms with van der Waals surface area (Å²) in [5.74, 6) is 0.386. The zero-order chi connectivity index (χ0) is 16.2. The number of thiazole rings is 1. The summed E-state index contributed by atoms with van der Waals surface area (Å²) in [5.41, 5.74) is 1.92. The second kappa shape index (κ2) is 7.45. The third-order valence-corrected chi connectivity index (χ3v) is 5.92. The van der Waals surface area contributed by atoms with Gasteiger partial charge in [-0.3, -0.25) is 4.79 Å². The van der Waals surface area contributed by atoms with Crippen LogP contribution in [-0.2, 0) is 11.3 Å². The number of carbonyl (C=O) groups excluding carboxylic acids is 1. The van der Waals surface area contributed by atoms with E-state index in [1.165, 1.54) is 19.3 Å². The molecule has 122 valence electrons. The van der Waals surface area contributed by atoms with Crippen molar-refractivity contribution in [3.8, 4) is 10.6 Å². The quantitative estimate of drug-likeness (QED) is 0.847. The first-order chi connectivity index (χ1) is 11.1. The zero-order valence-corrected chi connectivity index (χ0v) is 14.8. The fourth-order valence-electron chi connectivity index (χ4n) is 3.02. The number of nitrogens with zero attached hydrogens (tertiary/aromatic N) is 1. The van der Waals surface area contributed by atoms with E-state index in [9.17, 15) is 4.79 Å². The van der Waals surface area contributed by atoms with Crippen LogP contribution in [-0.4, -0.2) is 10.9 Å².